The molecule has 1 saturated carbocycles. The second-order valence-corrected chi connectivity index (χ2v) is 7.04. The van der Waals surface area contributed by atoms with E-state index in [1.807, 2.05) is 19.1 Å². The highest BCUT2D eigenvalue weighted by Crippen LogP contribution is 2.37. The molecule has 24 heavy (non-hydrogen) atoms. The van der Waals surface area contributed by atoms with Crippen molar-refractivity contribution in [3.8, 4) is 0 Å². The number of nitrogens with zero attached hydrogens (tertiary/aromatic N) is 1. The summed E-state index contributed by atoms with van der Waals surface area (Å²) in [4.78, 5) is 38.2. The summed E-state index contributed by atoms with van der Waals surface area (Å²) >= 11 is 5.96. The van der Waals surface area contributed by atoms with Gasteiger partial charge in [0.1, 0.15) is 6.54 Å². The van der Waals surface area contributed by atoms with Gasteiger partial charge in [0.2, 0.25) is 17.7 Å². The van der Waals surface area contributed by atoms with Crippen molar-refractivity contribution >= 4 is 29.3 Å². The zero-order chi connectivity index (χ0) is 17.3. The van der Waals surface area contributed by atoms with Crippen LogP contribution >= 0.6 is 11.6 Å². The zero-order valence-electron chi connectivity index (χ0n) is 13.6. The van der Waals surface area contributed by atoms with Gasteiger partial charge in [0.05, 0.1) is 17.9 Å². The van der Waals surface area contributed by atoms with Gasteiger partial charge >= 0.3 is 0 Å². The van der Waals surface area contributed by atoms with Gasteiger partial charge in [-0.2, -0.15) is 0 Å². The summed E-state index contributed by atoms with van der Waals surface area (Å²) in [6, 6.07) is 7.00. The molecule has 3 atom stereocenters. The van der Waals surface area contributed by atoms with Crippen LogP contribution in [0.5, 0.6) is 0 Å². The summed E-state index contributed by atoms with van der Waals surface area (Å²) in [7, 11) is 0. The molecule has 0 aromatic heterocycles. The van der Waals surface area contributed by atoms with E-state index in [1.54, 1.807) is 12.1 Å². The third kappa shape index (κ3) is 3.31. The van der Waals surface area contributed by atoms with E-state index < -0.39 is 0 Å². The molecule has 2 aliphatic rings. The SMILES string of the molecule is CC(NC(=O)CN1C(=O)C2CCCCC2C1=O)c1cccc(Cl)c1. The fraction of sp³-hybridized carbons (Fsp3) is 0.500. The van der Waals surface area contributed by atoms with Crippen molar-refractivity contribution in [3.63, 3.8) is 0 Å². The van der Waals surface area contributed by atoms with Crippen LogP contribution in [-0.2, 0) is 14.4 Å². The summed E-state index contributed by atoms with van der Waals surface area (Å²) in [5.74, 6) is -1.14. The Hall–Kier alpha value is -1.88. The zero-order valence-corrected chi connectivity index (χ0v) is 14.4. The van der Waals surface area contributed by atoms with E-state index in [0.717, 1.165) is 36.1 Å². The van der Waals surface area contributed by atoms with E-state index in [0.29, 0.717) is 5.02 Å². The highest BCUT2D eigenvalue weighted by atomic mass is 35.5. The van der Waals surface area contributed by atoms with Gasteiger partial charge in [-0.05, 0) is 37.5 Å². The van der Waals surface area contributed by atoms with Gasteiger partial charge in [0.25, 0.3) is 0 Å². The lowest BCUT2D eigenvalue weighted by atomic mass is 9.81. The van der Waals surface area contributed by atoms with Crippen molar-refractivity contribution in [2.24, 2.45) is 11.8 Å². The average Bonchev–Trinajstić information content (AvgIpc) is 2.80. The second-order valence-electron chi connectivity index (χ2n) is 6.60. The first kappa shape index (κ1) is 17.0. The van der Waals surface area contributed by atoms with Gasteiger partial charge in [-0.25, -0.2) is 0 Å². The third-order valence-corrected chi connectivity index (χ3v) is 5.20. The van der Waals surface area contributed by atoms with E-state index in [2.05, 4.69) is 5.32 Å². The van der Waals surface area contributed by atoms with Crippen LogP contribution in [-0.4, -0.2) is 29.2 Å². The van der Waals surface area contributed by atoms with Crippen LogP contribution in [0.15, 0.2) is 24.3 Å². The van der Waals surface area contributed by atoms with E-state index in [4.69, 9.17) is 11.6 Å². The van der Waals surface area contributed by atoms with Crippen molar-refractivity contribution in [1.82, 2.24) is 10.2 Å². The summed E-state index contributed by atoms with van der Waals surface area (Å²) in [6.45, 7) is 1.65. The molecule has 1 aliphatic carbocycles. The predicted octanol–water partition coefficient (Wildman–Crippen LogP) is 2.69. The largest absolute Gasteiger partial charge is 0.348 e. The number of benzene rings is 1. The molecule has 2 fully saturated rings. The molecule has 3 unspecified atom stereocenters. The lowest BCUT2D eigenvalue weighted by molar-refractivity contribution is -0.143. The molecule has 6 heteroatoms. The van der Waals surface area contributed by atoms with Crippen molar-refractivity contribution in [3.05, 3.63) is 34.9 Å². The quantitative estimate of drug-likeness (QED) is 0.851. The number of hydrogen-bond acceptors (Lipinski definition) is 3. The Morgan fingerprint density at radius 3 is 2.46 bits per heavy atom. The van der Waals surface area contributed by atoms with E-state index in [-0.39, 0.29) is 42.1 Å². The van der Waals surface area contributed by atoms with Gasteiger partial charge in [-0.1, -0.05) is 36.6 Å². The molecule has 1 heterocycles. The monoisotopic (exact) mass is 348 g/mol. The number of amides is 3. The van der Waals surface area contributed by atoms with Crippen LogP contribution in [0.25, 0.3) is 0 Å². The van der Waals surface area contributed by atoms with Crippen LogP contribution in [0.4, 0.5) is 0 Å². The minimum absolute atomic E-state index is 0.185. The molecule has 1 aliphatic heterocycles. The van der Waals surface area contributed by atoms with E-state index >= 15 is 0 Å². The third-order valence-electron chi connectivity index (χ3n) is 4.96. The number of halogens is 1. The van der Waals surface area contributed by atoms with E-state index in [9.17, 15) is 14.4 Å². The minimum atomic E-state index is -0.331. The minimum Gasteiger partial charge on any atom is -0.348 e. The number of fused-ring (bicyclic) bond motifs is 1. The first-order valence-electron chi connectivity index (χ1n) is 8.37. The number of nitrogens with one attached hydrogen (secondary N) is 1. The Bertz CT molecular complexity index is 652. The molecule has 128 valence electrons. The highest BCUT2D eigenvalue weighted by molar-refractivity contribution is 6.30. The van der Waals surface area contributed by atoms with Crippen LogP contribution in [0.3, 0.4) is 0 Å². The Morgan fingerprint density at radius 2 is 1.88 bits per heavy atom. The van der Waals surface area contributed by atoms with Crippen molar-refractivity contribution < 1.29 is 14.4 Å². The maximum atomic E-state index is 12.4. The average molecular weight is 349 g/mol. The molecular weight excluding hydrogens is 328 g/mol. The molecule has 1 aromatic rings. The van der Waals surface area contributed by atoms with Gasteiger partial charge in [0.15, 0.2) is 0 Å². The number of imide groups is 1. The molecule has 1 saturated heterocycles. The van der Waals surface area contributed by atoms with E-state index in [1.165, 1.54) is 0 Å². The number of rotatable bonds is 4. The topological polar surface area (TPSA) is 66.5 Å². The maximum absolute atomic E-state index is 12.4. The molecule has 1 N–H and O–H groups in total. The number of carbonyl (C=O) groups is 3. The molecule has 0 spiro atoms. The van der Waals surface area contributed by atoms with Crippen LogP contribution in [0.1, 0.15) is 44.2 Å². The normalized spacial score (nSPS) is 24.7. The van der Waals surface area contributed by atoms with Crippen LogP contribution < -0.4 is 5.32 Å². The van der Waals surface area contributed by atoms with Crippen molar-refractivity contribution in [1.29, 1.82) is 0 Å². The number of carbonyl (C=O) groups excluding carboxylic acids is 3. The summed E-state index contributed by atoms with van der Waals surface area (Å²) in [5.41, 5.74) is 0.878. The number of hydrogen-bond donors (Lipinski definition) is 1. The lowest BCUT2D eigenvalue weighted by Crippen LogP contribution is -2.41. The smallest absolute Gasteiger partial charge is 0.240 e. The fourth-order valence-electron chi connectivity index (χ4n) is 3.68. The molecule has 3 rings (SSSR count). The molecular formula is C18H21ClN2O3. The first-order valence-corrected chi connectivity index (χ1v) is 8.75. The summed E-state index contributed by atoms with van der Waals surface area (Å²) in [6.07, 6.45) is 3.47. The van der Waals surface area contributed by atoms with Crippen molar-refractivity contribution in [2.75, 3.05) is 6.54 Å². The Labute approximate surface area is 146 Å². The maximum Gasteiger partial charge on any atom is 0.240 e. The van der Waals surface area contributed by atoms with Crippen LogP contribution in [0, 0.1) is 11.8 Å². The molecule has 0 radical (unpaired) electrons. The van der Waals surface area contributed by atoms with Gasteiger partial charge < -0.3 is 5.32 Å². The summed E-state index contributed by atoms with van der Waals surface area (Å²) in [5, 5.41) is 3.43. The van der Waals surface area contributed by atoms with Gasteiger partial charge in [-0.15, -0.1) is 0 Å². The Kier molecular flexibility index (Phi) is 4.90. The lowest BCUT2D eigenvalue weighted by Gasteiger charge is -2.19. The fourth-order valence-corrected chi connectivity index (χ4v) is 3.88. The Morgan fingerprint density at radius 1 is 1.25 bits per heavy atom. The molecule has 1 aromatic carbocycles. The van der Waals surface area contributed by atoms with Crippen LogP contribution in [0.2, 0.25) is 5.02 Å². The summed E-state index contributed by atoms with van der Waals surface area (Å²) < 4.78 is 0. The van der Waals surface area contributed by atoms with Gasteiger partial charge in [-0.3, -0.25) is 19.3 Å². The molecule has 5 nitrogen and oxygen atoms in total. The number of likely N-dealkylation sites (tertiary alicyclic amines) is 1. The molecule has 3 amide bonds. The standard InChI is InChI=1S/C18H21ClN2O3/c1-11(12-5-4-6-13(19)9-12)20-16(22)10-21-17(23)14-7-2-3-8-15(14)18(21)24/h4-6,9,11,14-15H,2-3,7-8,10H2,1H3,(H,20,22). The second kappa shape index (κ2) is 6.93. The highest BCUT2D eigenvalue weighted by Gasteiger charge is 2.48. The Balaban J connectivity index is 1.62. The first-order chi connectivity index (χ1) is 11.5. The predicted molar refractivity (Wildman–Crippen MR) is 90.2 cm³/mol. The van der Waals surface area contributed by atoms with Gasteiger partial charge in [0, 0.05) is 5.02 Å². The molecule has 0 bridgehead atoms. The van der Waals surface area contributed by atoms with Crippen molar-refractivity contribution in [2.45, 2.75) is 38.6 Å².